The molecule has 5 heteroatoms. The maximum atomic E-state index is 11.5. The maximum Gasteiger partial charge on any atom is 0.266 e. The van der Waals surface area contributed by atoms with E-state index in [-0.39, 0.29) is 5.91 Å². The second-order valence-corrected chi connectivity index (χ2v) is 4.43. The summed E-state index contributed by atoms with van der Waals surface area (Å²) in [5.74, 6) is 0.593. The van der Waals surface area contributed by atoms with Crippen LogP contribution in [-0.4, -0.2) is 22.2 Å². The Balaban J connectivity index is 2.29. The molecule has 1 aromatic rings. The van der Waals surface area contributed by atoms with Crippen molar-refractivity contribution < 1.29 is 9.21 Å². The van der Waals surface area contributed by atoms with E-state index in [1.807, 2.05) is 0 Å². The molecule has 14 heavy (non-hydrogen) atoms. The zero-order chi connectivity index (χ0) is 10.1. The Bertz CT molecular complexity index is 408. The van der Waals surface area contributed by atoms with Crippen LogP contribution in [0.4, 0.5) is 0 Å². The van der Waals surface area contributed by atoms with Crippen LogP contribution >= 0.6 is 24.0 Å². The number of thiocarbonyl (C=S) groups is 1. The number of carbonyl (C=O) groups excluding carboxylic acids is 1. The molecule has 3 nitrogen and oxygen atoms in total. The van der Waals surface area contributed by atoms with Crippen molar-refractivity contribution in [1.29, 1.82) is 0 Å². The molecule has 0 bridgehead atoms. The molecule has 0 atom stereocenters. The summed E-state index contributed by atoms with van der Waals surface area (Å²) in [6.07, 6.45) is 3.27. The summed E-state index contributed by atoms with van der Waals surface area (Å²) in [5, 5.41) is 0. The molecular weight excluding hydrogens is 218 g/mol. The van der Waals surface area contributed by atoms with Crippen molar-refractivity contribution in [3.8, 4) is 0 Å². The van der Waals surface area contributed by atoms with Crippen molar-refractivity contribution in [3.05, 3.63) is 29.1 Å². The molecule has 1 saturated heterocycles. The van der Waals surface area contributed by atoms with Crippen molar-refractivity contribution in [2.24, 2.45) is 0 Å². The highest BCUT2D eigenvalue weighted by Gasteiger charge is 2.28. The quantitative estimate of drug-likeness (QED) is 0.541. The SMILES string of the molecule is CN1C(=O)/C(=C\c2ccco2)SC1=S. The molecule has 1 fully saturated rings. The van der Waals surface area contributed by atoms with Crippen LogP contribution in [0.15, 0.2) is 27.7 Å². The predicted octanol–water partition coefficient (Wildman–Crippen LogP) is 2.11. The van der Waals surface area contributed by atoms with Crippen LogP contribution in [0, 0.1) is 0 Å². The fourth-order valence-electron chi connectivity index (χ4n) is 1.05. The number of amides is 1. The van der Waals surface area contributed by atoms with E-state index >= 15 is 0 Å². The number of nitrogens with zero attached hydrogens (tertiary/aromatic N) is 1. The molecule has 1 aliphatic heterocycles. The molecule has 0 aromatic carbocycles. The van der Waals surface area contributed by atoms with Crippen molar-refractivity contribution in [3.63, 3.8) is 0 Å². The standard InChI is InChI=1S/C9H7NO2S2/c1-10-8(11)7(14-9(10)13)5-6-3-2-4-12-6/h2-5H,1H3/b7-5+. The fraction of sp³-hybridized carbons (Fsp3) is 0.111. The van der Waals surface area contributed by atoms with Gasteiger partial charge < -0.3 is 4.42 Å². The monoisotopic (exact) mass is 225 g/mol. The highest BCUT2D eigenvalue weighted by atomic mass is 32.2. The van der Waals surface area contributed by atoms with Crippen LogP contribution in [-0.2, 0) is 4.79 Å². The first-order chi connectivity index (χ1) is 6.68. The molecule has 2 rings (SSSR count). The minimum atomic E-state index is -0.0728. The zero-order valence-corrected chi connectivity index (χ0v) is 9.02. The first kappa shape index (κ1) is 9.48. The molecule has 0 spiro atoms. The van der Waals surface area contributed by atoms with Gasteiger partial charge in [0.15, 0.2) is 0 Å². The third-order valence-corrected chi connectivity index (χ3v) is 3.29. The van der Waals surface area contributed by atoms with E-state index in [0.717, 1.165) is 0 Å². The van der Waals surface area contributed by atoms with Crippen molar-refractivity contribution in [2.45, 2.75) is 0 Å². The zero-order valence-electron chi connectivity index (χ0n) is 7.39. The van der Waals surface area contributed by atoms with Gasteiger partial charge in [0.1, 0.15) is 10.1 Å². The van der Waals surface area contributed by atoms with Gasteiger partial charge in [-0.3, -0.25) is 9.69 Å². The Morgan fingerprint density at radius 3 is 2.93 bits per heavy atom. The molecular formula is C9H7NO2S2. The molecule has 1 aliphatic rings. The highest BCUT2D eigenvalue weighted by Crippen LogP contribution is 2.31. The number of rotatable bonds is 1. The largest absolute Gasteiger partial charge is 0.465 e. The van der Waals surface area contributed by atoms with Crippen LogP contribution < -0.4 is 0 Å². The lowest BCUT2D eigenvalue weighted by Crippen LogP contribution is -2.22. The van der Waals surface area contributed by atoms with E-state index in [1.54, 1.807) is 31.5 Å². The van der Waals surface area contributed by atoms with E-state index in [2.05, 4.69) is 0 Å². The van der Waals surface area contributed by atoms with Gasteiger partial charge in [0.05, 0.1) is 11.2 Å². The molecule has 0 radical (unpaired) electrons. The van der Waals surface area contributed by atoms with Gasteiger partial charge in [-0.15, -0.1) is 0 Å². The van der Waals surface area contributed by atoms with Gasteiger partial charge in [-0.05, 0) is 12.1 Å². The lowest BCUT2D eigenvalue weighted by Gasteiger charge is -2.03. The lowest BCUT2D eigenvalue weighted by molar-refractivity contribution is -0.121. The second kappa shape index (κ2) is 3.59. The van der Waals surface area contributed by atoms with Gasteiger partial charge in [-0.1, -0.05) is 24.0 Å². The molecule has 0 aliphatic carbocycles. The summed E-state index contributed by atoms with van der Waals surface area (Å²) < 4.78 is 5.69. The van der Waals surface area contributed by atoms with Crippen LogP contribution in [0.3, 0.4) is 0 Å². The van der Waals surface area contributed by atoms with Crippen molar-refractivity contribution >= 4 is 40.3 Å². The van der Waals surface area contributed by atoms with E-state index in [9.17, 15) is 4.79 Å². The van der Waals surface area contributed by atoms with Gasteiger partial charge in [0.25, 0.3) is 5.91 Å². The minimum Gasteiger partial charge on any atom is -0.465 e. The van der Waals surface area contributed by atoms with Crippen LogP contribution in [0.25, 0.3) is 6.08 Å². The predicted molar refractivity (Wildman–Crippen MR) is 59.6 cm³/mol. The van der Waals surface area contributed by atoms with Crippen molar-refractivity contribution in [2.75, 3.05) is 7.05 Å². The molecule has 0 N–H and O–H groups in total. The summed E-state index contributed by atoms with van der Waals surface area (Å²) in [6.45, 7) is 0. The summed E-state index contributed by atoms with van der Waals surface area (Å²) in [5.41, 5.74) is 0. The number of hydrogen-bond donors (Lipinski definition) is 0. The van der Waals surface area contributed by atoms with Crippen LogP contribution in [0.2, 0.25) is 0 Å². The van der Waals surface area contributed by atoms with E-state index in [1.165, 1.54) is 16.7 Å². The van der Waals surface area contributed by atoms with Crippen LogP contribution in [0.5, 0.6) is 0 Å². The number of furan rings is 1. The smallest absolute Gasteiger partial charge is 0.266 e. The molecule has 72 valence electrons. The Labute approximate surface area is 90.8 Å². The third kappa shape index (κ3) is 1.60. The summed E-state index contributed by atoms with van der Waals surface area (Å²) in [6, 6.07) is 3.57. The van der Waals surface area contributed by atoms with Crippen LogP contribution in [0.1, 0.15) is 5.76 Å². The maximum absolute atomic E-state index is 11.5. The number of thioether (sulfide) groups is 1. The first-order valence-corrected chi connectivity index (χ1v) is 5.16. The topological polar surface area (TPSA) is 33.5 Å². The van der Waals surface area contributed by atoms with Gasteiger partial charge in [0.2, 0.25) is 0 Å². The highest BCUT2D eigenvalue weighted by molar-refractivity contribution is 8.26. The Hall–Kier alpha value is -1.07. The number of hydrogen-bond acceptors (Lipinski definition) is 4. The van der Waals surface area contributed by atoms with Gasteiger partial charge >= 0.3 is 0 Å². The molecule has 0 unspecified atom stereocenters. The first-order valence-electron chi connectivity index (χ1n) is 3.93. The minimum absolute atomic E-state index is 0.0728. The number of carbonyl (C=O) groups is 1. The fourth-order valence-corrected chi connectivity index (χ4v) is 2.21. The second-order valence-electron chi connectivity index (χ2n) is 2.76. The van der Waals surface area contributed by atoms with E-state index in [4.69, 9.17) is 16.6 Å². The Morgan fingerprint density at radius 2 is 2.43 bits per heavy atom. The Kier molecular flexibility index (Phi) is 2.43. The Morgan fingerprint density at radius 1 is 1.64 bits per heavy atom. The van der Waals surface area contributed by atoms with Gasteiger partial charge in [-0.2, -0.15) is 0 Å². The molecule has 0 saturated carbocycles. The normalized spacial score (nSPS) is 19.8. The number of likely N-dealkylation sites (N-methyl/N-ethyl adjacent to an activating group) is 1. The van der Waals surface area contributed by atoms with E-state index < -0.39 is 0 Å². The average molecular weight is 225 g/mol. The molecule has 1 amide bonds. The molecule has 2 heterocycles. The van der Waals surface area contributed by atoms with Gasteiger partial charge in [0, 0.05) is 13.1 Å². The average Bonchev–Trinajstić information content (AvgIpc) is 2.73. The van der Waals surface area contributed by atoms with Crippen molar-refractivity contribution in [1.82, 2.24) is 4.90 Å². The summed E-state index contributed by atoms with van der Waals surface area (Å²) >= 11 is 6.28. The summed E-state index contributed by atoms with van der Waals surface area (Å²) in [7, 11) is 1.67. The van der Waals surface area contributed by atoms with Gasteiger partial charge in [-0.25, -0.2) is 0 Å². The van der Waals surface area contributed by atoms with E-state index in [0.29, 0.717) is 15.0 Å². The lowest BCUT2D eigenvalue weighted by atomic mass is 10.4. The third-order valence-electron chi connectivity index (χ3n) is 1.80. The molecule has 1 aromatic heterocycles. The summed E-state index contributed by atoms with van der Waals surface area (Å²) in [4.78, 5) is 13.6.